The zero-order valence-corrected chi connectivity index (χ0v) is 11.5. The van der Waals surface area contributed by atoms with Gasteiger partial charge in [-0.2, -0.15) is 0 Å². The second kappa shape index (κ2) is 4.85. The van der Waals surface area contributed by atoms with E-state index in [1.165, 1.54) is 25.0 Å². The van der Waals surface area contributed by atoms with Crippen LogP contribution in [0.2, 0.25) is 0 Å². The molecular weight excluding hydrogens is 257 g/mol. The first-order valence-corrected chi connectivity index (χ1v) is 6.89. The van der Waals surface area contributed by atoms with Crippen LogP contribution < -0.4 is 5.73 Å². The van der Waals surface area contributed by atoms with Crippen molar-refractivity contribution in [1.29, 1.82) is 0 Å². The average molecular weight is 275 g/mol. The highest BCUT2D eigenvalue weighted by molar-refractivity contribution is 5.61. The smallest absolute Gasteiger partial charge is 0.185 e. The van der Waals surface area contributed by atoms with E-state index in [9.17, 15) is 4.39 Å². The molecule has 0 bridgehead atoms. The Kier molecular flexibility index (Phi) is 3.16. The largest absolute Gasteiger partial charge is 0.399 e. The van der Waals surface area contributed by atoms with E-state index in [4.69, 9.17) is 5.73 Å². The van der Waals surface area contributed by atoms with Gasteiger partial charge in [0.25, 0.3) is 0 Å². The second-order valence-electron chi connectivity index (χ2n) is 5.92. The summed E-state index contributed by atoms with van der Waals surface area (Å²) in [6.45, 7) is 2.95. The average Bonchev–Trinajstić information content (AvgIpc) is 3.02. The van der Waals surface area contributed by atoms with Crippen molar-refractivity contribution < 1.29 is 4.39 Å². The quantitative estimate of drug-likeness (QED) is 0.874. The lowest BCUT2D eigenvalue weighted by Gasteiger charge is -2.23. The standard InChI is InChI=1S/C14H18FN5/c1-14(6-2-3-7-14)9-20-13(17-18-19-20)11-8-10(16)4-5-12(11)15/h4-5,8H,2-3,6-7,9,16H2,1H3. The van der Waals surface area contributed by atoms with Gasteiger partial charge in [-0.3, -0.25) is 0 Å². The Balaban J connectivity index is 1.95. The normalized spacial score (nSPS) is 17.5. The van der Waals surface area contributed by atoms with Gasteiger partial charge < -0.3 is 5.73 Å². The molecule has 0 radical (unpaired) electrons. The maximum absolute atomic E-state index is 14.0. The minimum absolute atomic E-state index is 0.195. The monoisotopic (exact) mass is 275 g/mol. The van der Waals surface area contributed by atoms with Crippen molar-refractivity contribution in [3.05, 3.63) is 24.0 Å². The molecule has 1 fully saturated rings. The number of aromatic nitrogens is 4. The van der Waals surface area contributed by atoms with Crippen LogP contribution in [0, 0.1) is 11.2 Å². The predicted octanol–water partition coefficient (Wildman–Crippen LogP) is 2.64. The van der Waals surface area contributed by atoms with E-state index >= 15 is 0 Å². The molecule has 2 aromatic rings. The van der Waals surface area contributed by atoms with Crippen molar-refractivity contribution in [3.63, 3.8) is 0 Å². The summed E-state index contributed by atoms with van der Waals surface area (Å²) in [6.07, 6.45) is 4.79. The number of tetrazole rings is 1. The number of halogens is 1. The van der Waals surface area contributed by atoms with E-state index in [2.05, 4.69) is 22.4 Å². The van der Waals surface area contributed by atoms with Gasteiger partial charge >= 0.3 is 0 Å². The molecule has 1 aliphatic carbocycles. The fourth-order valence-electron chi connectivity index (χ4n) is 2.97. The highest BCUT2D eigenvalue weighted by Crippen LogP contribution is 2.39. The van der Waals surface area contributed by atoms with Crippen LogP contribution in [0.25, 0.3) is 11.4 Å². The number of nitrogen functional groups attached to an aromatic ring is 1. The predicted molar refractivity (Wildman–Crippen MR) is 74.2 cm³/mol. The van der Waals surface area contributed by atoms with Crippen LogP contribution in [0.15, 0.2) is 18.2 Å². The maximum atomic E-state index is 14.0. The highest BCUT2D eigenvalue weighted by Gasteiger charge is 2.30. The zero-order valence-electron chi connectivity index (χ0n) is 11.5. The van der Waals surface area contributed by atoms with Gasteiger partial charge in [-0.25, -0.2) is 9.07 Å². The molecule has 0 unspecified atom stereocenters. The summed E-state index contributed by atoms with van der Waals surface area (Å²) >= 11 is 0. The van der Waals surface area contributed by atoms with E-state index in [0.29, 0.717) is 23.6 Å². The lowest BCUT2D eigenvalue weighted by atomic mass is 9.89. The van der Waals surface area contributed by atoms with Crippen molar-refractivity contribution in [3.8, 4) is 11.4 Å². The van der Waals surface area contributed by atoms with Crippen molar-refractivity contribution in [1.82, 2.24) is 20.2 Å². The molecule has 1 aliphatic rings. The molecule has 1 saturated carbocycles. The molecular formula is C14H18FN5. The summed E-state index contributed by atoms with van der Waals surface area (Å²) in [4.78, 5) is 0. The fraction of sp³-hybridized carbons (Fsp3) is 0.500. The van der Waals surface area contributed by atoms with Gasteiger partial charge in [0.05, 0.1) is 12.1 Å². The molecule has 5 nitrogen and oxygen atoms in total. The molecule has 6 heteroatoms. The van der Waals surface area contributed by atoms with E-state index < -0.39 is 0 Å². The molecule has 1 aromatic heterocycles. The SMILES string of the molecule is CC1(Cn2nnnc2-c2cc(N)ccc2F)CCCC1. The first kappa shape index (κ1) is 13.0. The third kappa shape index (κ3) is 2.37. The van der Waals surface area contributed by atoms with Gasteiger partial charge in [0, 0.05) is 5.69 Å². The van der Waals surface area contributed by atoms with Crippen molar-refractivity contribution in [2.45, 2.75) is 39.2 Å². The first-order chi connectivity index (χ1) is 9.57. The molecule has 20 heavy (non-hydrogen) atoms. The minimum atomic E-state index is -0.355. The van der Waals surface area contributed by atoms with Gasteiger partial charge in [-0.05, 0) is 46.9 Å². The van der Waals surface area contributed by atoms with E-state index in [1.54, 1.807) is 10.7 Å². The Morgan fingerprint density at radius 3 is 2.85 bits per heavy atom. The summed E-state index contributed by atoms with van der Waals surface area (Å²) < 4.78 is 15.7. The number of nitrogens with two attached hydrogens (primary N) is 1. The molecule has 2 N–H and O–H groups in total. The zero-order chi connectivity index (χ0) is 14.2. The van der Waals surface area contributed by atoms with Gasteiger partial charge in [-0.15, -0.1) is 5.10 Å². The van der Waals surface area contributed by atoms with Crippen molar-refractivity contribution >= 4 is 5.69 Å². The van der Waals surface area contributed by atoms with Gasteiger partial charge in [0.15, 0.2) is 5.82 Å². The third-order valence-electron chi connectivity index (χ3n) is 4.11. The lowest BCUT2D eigenvalue weighted by Crippen LogP contribution is -2.21. The first-order valence-electron chi connectivity index (χ1n) is 6.89. The number of hydrogen-bond donors (Lipinski definition) is 1. The Labute approximate surface area is 117 Å². The Morgan fingerprint density at radius 1 is 1.35 bits per heavy atom. The van der Waals surface area contributed by atoms with Crippen LogP contribution in [-0.2, 0) is 6.54 Å². The van der Waals surface area contributed by atoms with Gasteiger partial charge in [-0.1, -0.05) is 19.8 Å². The van der Waals surface area contributed by atoms with E-state index in [-0.39, 0.29) is 11.2 Å². The molecule has 1 aromatic carbocycles. The number of hydrogen-bond acceptors (Lipinski definition) is 4. The molecule has 0 amide bonds. The maximum Gasteiger partial charge on any atom is 0.185 e. The van der Waals surface area contributed by atoms with Crippen molar-refractivity contribution in [2.75, 3.05) is 5.73 Å². The minimum Gasteiger partial charge on any atom is -0.399 e. The van der Waals surface area contributed by atoms with Crippen LogP contribution in [0.1, 0.15) is 32.6 Å². The summed E-state index contributed by atoms with van der Waals surface area (Å²) in [5.41, 5.74) is 6.78. The number of nitrogens with zero attached hydrogens (tertiary/aromatic N) is 4. The summed E-state index contributed by atoms with van der Waals surface area (Å²) in [5.74, 6) is 0.0924. The van der Waals surface area contributed by atoms with Crippen LogP contribution in [0.3, 0.4) is 0 Å². The Morgan fingerprint density at radius 2 is 2.10 bits per heavy atom. The Bertz CT molecular complexity index is 616. The van der Waals surface area contributed by atoms with Crippen LogP contribution in [-0.4, -0.2) is 20.2 Å². The fourth-order valence-corrected chi connectivity index (χ4v) is 2.97. The molecule has 106 valence electrons. The van der Waals surface area contributed by atoms with Crippen LogP contribution in [0.4, 0.5) is 10.1 Å². The van der Waals surface area contributed by atoms with E-state index in [0.717, 1.165) is 12.8 Å². The summed E-state index contributed by atoms with van der Waals surface area (Å²) in [5, 5.41) is 11.7. The Hall–Kier alpha value is -1.98. The molecule has 0 spiro atoms. The van der Waals surface area contributed by atoms with Gasteiger partial charge in [0.1, 0.15) is 5.82 Å². The van der Waals surface area contributed by atoms with Crippen molar-refractivity contribution in [2.24, 2.45) is 5.41 Å². The van der Waals surface area contributed by atoms with E-state index in [1.807, 2.05) is 0 Å². The molecule has 0 saturated heterocycles. The number of anilines is 1. The highest BCUT2D eigenvalue weighted by atomic mass is 19.1. The number of benzene rings is 1. The molecule has 3 rings (SSSR count). The summed E-state index contributed by atoms with van der Waals surface area (Å²) in [7, 11) is 0. The second-order valence-corrected chi connectivity index (χ2v) is 5.92. The lowest BCUT2D eigenvalue weighted by molar-refractivity contribution is 0.267. The third-order valence-corrected chi connectivity index (χ3v) is 4.11. The van der Waals surface area contributed by atoms with Crippen LogP contribution in [0.5, 0.6) is 0 Å². The molecule has 0 aliphatic heterocycles. The van der Waals surface area contributed by atoms with Crippen LogP contribution >= 0.6 is 0 Å². The molecule has 1 heterocycles. The number of rotatable bonds is 3. The van der Waals surface area contributed by atoms with Gasteiger partial charge in [0.2, 0.25) is 0 Å². The topological polar surface area (TPSA) is 69.6 Å². The molecule has 0 atom stereocenters. The summed E-state index contributed by atoms with van der Waals surface area (Å²) in [6, 6.07) is 4.46.